The Morgan fingerprint density at radius 2 is 1.84 bits per heavy atom. The third-order valence-corrected chi connectivity index (χ3v) is 5.27. The van der Waals surface area contributed by atoms with Crippen LogP contribution < -0.4 is 0 Å². The molecule has 0 aliphatic carbocycles. The van der Waals surface area contributed by atoms with Gasteiger partial charge in [-0.1, -0.05) is 38.1 Å². The molecule has 0 spiro atoms. The topological polar surface area (TPSA) is 20.2 Å². The molecule has 0 aliphatic rings. The van der Waals surface area contributed by atoms with E-state index >= 15 is 0 Å². The maximum absolute atomic E-state index is 10.4. The zero-order valence-corrected chi connectivity index (χ0v) is 13.9. The number of rotatable bonds is 4. The molecule has 0 saturated heterocycles. The first-order valence-corrected chi connectivity index (χ1v) is 8.11. The molecule has 1 aromatic heterocycles. The van der Waals surface area contributed by atoms with Crippen molar-refractivity contribution in [1.82, 2.24) is 0 Å². The summed E-state index contributed by atoms with van der Waals surface area (Å²) in [6.45, 7) is 6.48. The minimum absolute atomic E-state index is 0.525. The lowest BCUT2D eigenvalue weighted by Crippen LogP contribution is -1.98. The molecule has 0 amide bonds. The van der Waals surface area contributed by atoms with Gasteiger partial charge in [0.25, 0.3) is 0 Å². The lowest BCUT2D eigenvalue weighted by Gasteiger charge is -2.10. The lowest BCUT2D eigenvalue weighted by molar-refractivity contribution is 0.224. The van der Waals surface area contributed by atoms with Gasteiger partial charge in [-0.15, -0.1) is 11.3 Å². The van der Waals surface area contributed by atoms with Gasteiger partial charge in [-0.2, -0.15) is 0 Å². The summed E-state index contributed by atoms with van der Waals surface area (Å²) in [6, 6.07) is 10.3. The van der Waals surface area contributed by atoms with Crippen molar-refractivity contribution in [3.05, 3.63) is 55.7 Å². The van der Waals surface area contributed by atoms with Crippen molar-refractivity contribution >= 4 is 27.3 Å². The summed E-state index contributed by atoms with van der Waals surface area (Å²) >= 11 is 5.10. The van der Waals surface area contributed by atoms with Gasteiger partial charge in [-0.3, -0.25) is 0 Å². The fourth-order valence-corrected chi connectivity index (χ4v) is 3.68. The molecule has 0 saturated carbocycles. The Kier molecular flexibility index (Phi) is 4.82. The van der Waals surface area contributed by atoms with E-state index in [1.54, 1.807) is 11.3 Å². The number of hydrogen-bond acceptors (Lipinski definition) is 2. The van der Waals surface area contributed by atoms with E-state index in [4.69, 9.17) is 0 Å². The Morgan fingerprint density at radius 3 is 2.32 bits per heavy atom. The summed E-state index contributed by atoms with van der Waals surface area (Å²) < 4.78 is 1.10. The molecule has 1 heterocycles. The van der Waals surface area contributed by atoms with Crippen molar-refractivity contribution in [2.75, 3.05) is 0 Å². The highest BCUT2D eigenvalue weighted by Gasteiger charge is 2.14. The smallest absolute Gasteiger partial charge is 0.113 e. The van der Waals surface area contributed by atoms with E-state index < -0.39 is 6.10 Å². The molecule has 1 aromatic carbocycles. The molecule has 0 bridgehead atoms. The van der Waals surface area contributed by atoms with Gasteiger partial charge in [-0.05, 0) is 57.9 Å². The second-order valence-electron chi connectivity index (χ2n) is 5.35. The van der Waals surface area contributed by atoms with Crippen molar-refractivity contribution in [2.45, 2.75) is 33.3 Å². The normalized spacial score (nSPS) is 12.9. The quantitative estimate of drug-likeness (QED) is 0.822. The summed E-state index contributed by atoms with van der Waals surface area (Å²) in [5, 5.41) is 10.4. The summed E-state index contributed by atoms with van der Waals surface area (Å²) in [4.78, 5) is 0.987. The van der Waals surface area contributed by atoms with Crippen LogP contribution in [0.25, 0.3) is 0 Å². The van der Waals surface area contributed by atoms with Crippen molar-refractivity contribution in [2.24, 2.45) is 5.92 Å². The maximum Gasteiger partial charge on any atom is 0.113 e. The fourth-order valence-electron chi connectivity index (χ4n) is 2.09. The predicted molar refractivity (Wildman–Crippen MR) is 85.8 cm³/mol. The van der Waals surface area contributed by atoms with Crippen LogP contribution in [0.5, 0.6) is 0 Å². The highest BCUT2D eigenvalue weighted by atomic mass is 79.9. The Labute approximate surface area is 127 Å². The SMILES string of the molecule is Cc1cc(C(O)c2ccc(CC(C)C)cc2)sc1Br. The third-order valence-electron chi connectivity index (χ3n) is 3.09. The highest BCUT2D eigenvalue weighted by Crippen LogP contribution is 2.34. The van der Waals surface area contributed by atoms with Crippen molar-refractivity contribution in [3.63, 3.8) is 0 Å². The molecule has 0 fully saturated rings. The number of thiophene rings is 1. The van der Waals surface area contributed by atoms with Gasteiger partial charge in [0, 0.05) is 4.88 Å². The minimum atomic E-state index is -0.525. The van der Waals surface area contributed by atoms with Crippen LogP contribution in [-0.4, -0.2) is 5.11 Å². The van der Waals surface area contributed by atoms with Crippen LogP contribution in [0.15, 0.2) is 34.1 Å². The number of aliphatic hydroxyl groups is 1. The van der Waals surface area contributed by atoms with Crippen LogP contribution in [0.4, 0.5) is 0 Å². The van der Waals surface area contributed by atoms with Gasteiger partial charge in [-0.25, -0.2) is 0 Å². The zero-order valence-electron chi connectivity index (χ0n) is 11.5. The molecule has 2 rings (SSSR count). The van der Waals surface area contributed by atoms with Gasteiger partial charge >= 0.3 is 0 Å². The van der Waals surface area contributed by atoms with E-state index in [1.807, 2.05) is 25.1 Å². The first-order chi connectivity index (χ1) is 8.97. The maximum atomic E-state index is 10.4. The van der Waals surface area contributed by atoms with Gasteiger partial charge < -0.3 is 5.11 Å². The number of aryl methyl sites for hydroxylation is 1. The van der Waals surface area contributed by atoms with Crippen molar-refractivity contribution < 1.29 is 5.11 Å². The molecule has 1 unspecified atom stereocenters. The van der Waals surface area contributed by atoms with Crippen LogP contribution in [0.2, 0.25) is 0 Å². The first-order valence-electron chi connectivity index (χ1n) is 6.50. The van der Waals surface area contributed by atoms with Crippen LogP contribution >= 0.6 is 27.3 Å². The predicted octanol–water partition coefficient (Wildman–Crippen LogP) is 5.10. The van der Waals surface area contributed by atoms with E-state index in [9.17, 15) is 5.11 Å². The number of halogens is 1. The number of aliphatic hydroxyl groups excluding tert-OH is 1. The standard InChI is InChI=1S/C16H19BrOS/c1-10(2)8-12-4-6-13(7-5-12)15(18)14-9-11(3)16(17)19-14/h4-7,9-10,15,18H,8H2,1-3H3. The summed E-state index contributed by atoms with van der Waals surface area (Å²) in [5.74, 6) is 0.659. The van der Waals surface area contributed by atoms with Gasteiger partial charge in [0.05, 0.1) is 3.79 Å². The van der Waals surface area contributed by atoms with Crippen LogP contribution in [0.1, 0.15) is 41.5 Å². The van der Waals surface area contributed by atoms with Crippen molar-refractivity contribution in [1.29, 1.82) is 0 Å². The zero-order chi connectivity index (χ0) is 14.0. The van der Waals surface area contributed by atoms with Crippen LogP contribution in [0, 0.1) is 12.8 Å². The summed E-state index contributed by atoms with van der Waals surface area (Å²) in [6.07, 6.45) is 0.558. The molecule has 102 valence electrons. The molecule has 0 radical (unpaired) electrons. The van der Waals surface area contributed by atoms with Crippen molar-refractivity contribution in [3.8, 4) is 0 Å². The summed E-state index contributed by atoms with van der Waals surface area (Å²) in [7, 11) is 0. The number of benzene rings is 1. The van der Waals surface area contributed by atoms with Crippen LogP contribution in [-0.2, 0) is 6.42 Å². The highest BCUT2D eigenvalue weighted by molar-refractivity contribution is 9.11. The Bertz CT molecular complexity index is 523. The average Bonchev–Trinajstić information content (AvgIpc) is 2.69. The molecular formula is C16H19BrOS. The van der Waals surface area contributed by atoms with E-state index in [1.165, 1.54) is 11.1 Å². The van der Waals surface area contributed by atoms with Crippen LogP contribution in [0.3, 0.4) is 0 Å². The van der Waals surface area contributed by atoms with E-state index in [-0.39, 0.29) is 0 Å². The lowest BCUT2D eigenvalue weighted by atomic mass is 10.00. The fraction of sp³-hybridized carbons (Fsp3) is 0.375. The second kappa shape index (κ2) is 6.21. The molecule has 3 heteroatoms. The Morgan fingerprint density at radius 1 is 1.21 bits per heavy atom. The summed E-state index contributed by atoms with van der Waals surface area (Å²) in [5.41, 5.74) is 3.46. The first kappa shape index (κ1) is 14.8. The van der Waals surface area contributed by atoms with E-state index in [2.05, 4.69) is 41.9 Å². The Balaban J connectivity index is 2.17. The molecule has 1 N–H and O–H groups in total. The molecule has 19 heavy (non-hydrogen) atoms. The molecule has 2 aromatic rings. The molecule has 1 atom stereocenters. The molecule has 0 aliphatic heterocycles. The third kappa shape index (κ3) is 3.68. The van der Waals surface area contributed by atoms with Gasteiger partial charge in [0.15, 0.2) is 0 Å². The minimum Gasteiger partial charge on any atom is -0.383 e. The van der Waals surface area contributed by atoms with E-state index in [0.29, 0.717) is 5.92 Å². The van der Waals surface area contributed by atoms with Gasteiger partial charge in [0.1, 0.15) is 6.10 Å². The Hall–Kier alpha value is -0.640. The monoisotopic (exact) mass is 338 g/mol. The van der Waals surface area contributed by atoms with E-state index in [0.717, 1.165) is 20.6 Å². The average molecular weight is 339 g/mol. The largest absolute Gasteiger partial charge is 0.383 e. The van der Waals surface area contributed by atoms with Gasteiger partial charge in [0.2, 0.25) is 0 Å². The molecule has 1 nitrogen and oxygen atoms in total. The second-order valence-corrected chi connectivity index (χ2v) is 7.75. The number of hydrogen-bond donors (Lipinski definition) is 1. The molecular weight excluding hydrogens is 320 g/mol.